The van der Waals surface area contributed by atoms with Crippen molar-refractivity contribution in [2.24, 2.45) is 0 Å². The van der Waals surface area contributed by atoms with E-state index in [1.165, 1.54) is 0 Å². The maximum absolute atomic E-state index is 12.9. The lowest BCUT2D eigenvalue weighted by molar-refractivity contribution is 0.0943. The van der Waals surface area contributed by atoms with Gasteiger partial charge in [0.15, 0.2) is 0 Å². The van der Waals surface area contributed by atoms with Crippen LogP contribution in [0.4, 0.5) is 0 Å². The van der Waals surface area contributed by atoms with Gasteiger partial charge < -0.3 is 5.32 Å². The molecule has 0 atom stereocenters. The quantitative estimate of drug-likeness (QED) is 0.539. The van der Waals surface area contributed by atoms with Gasteiger partial charge in [-0.1, -0.05) is 17.7 Å². The fourth-order valence-corrected chi connectivity index (χ4v) is 3.45. The van der Waals surface area contributed by atoms with Crippen molar-refractivity contribution >= 4 is 28.8 Å². The van der Waals surface area contributed by atoms with Gasteiger partial charge in [-0.3, -0.25) is 9.78 Å². The lowest BCUT2D eigenvalue weighted by Crippen LogP contribution is -2.25. The van der Waals surface area contributed by atoms with Gasteiger partial charge in [0.25, 0.3) is 5.91 Å². The van der Waals surface area contributed by atoms with Crippen LogP contribution in [0.5, 0.6) is 0 Å². The minimum absolute atomic E-state index is 0.197. The van der Waals surface area contributed by atoms with Crippen LogP contribution in [0.25, 0.3) is 16.3 Å². The third-order valence-electron chi connectivity index (χ3n) is 3.99. The van der Waals surface area contributed by atoms with Crippen molar-refractivity contribution in [3.8, 4) is 16.3 Å². The van der Waals surface area contributed by atoms with E-state index >= 15 is 0 Å². The number of benzene rings is 1. The molecule has 0 radical (unpaired) electrons. The number of carbonyl (C=O) groups excluding carboxylic acids is 1. The zero-order valence-corrected chi connectivity index (χ0v) is 15.7. The van der Waals surface area contributed by atoms with Crippen LogP contribution in [0.15, 0.2) is 72.4 Å². The number of rotatable bonds is 5. The molecule has 4 aromatic rings. The molecule has 27 heavy (non-hydrogen) atoms. The Morgan fingerprint density at radius 1 is 1.11 bits per heavy atom. The molecule has 5 nitrogen and oxygen atoms in total. The first-order valence-electron chi connectivity index (χ1n) is 8.28. The summed E-state index contributed by atoms with van der Waals surface area (Å²) in [5, 5.41) is 10.2. The summed E-state index contributed by atoms with van der Waals surface area (Å²) in [6.45, 7) is 0.418. The molecule has 3 heterocycles. The summed E-state index contributed by atoms with van der Waals surface area (Å²) in [7, 11) is 0. The van der Waals surface area contributed by atoms with Crippen molar-refractivity contribution in [1.29, 1.82) is 0 Å². The Labute approximate surface area is 165 Å². The van der Waals surface area contributed by atoms with Crippen LogP contribution >= 0.6 is 22.9 Å². The molecule has 3 aromatic heterocycles. The van der Waals surface area contributed by atoms with Crippen LogP contribution in [0.3, 0.4) is 0 Å². The fraction of sp³-hybridized carbons (Fsp3) is 0.0500. The van der Waals surface area contributed by atoms with Gasteiger partial charge in [0, 0.05) is 24.0 Å². The van der Waals surface area contributed by atoms with Crippen LogP contribution in [0.1, 0.15) is 16.1 Å². The molecule has 0 aliphatic carbocycles. The second-order valence-electron chi connectivity index (χ2n) is 5.82. The zero-order chi connectivity index (χ0) is 18.6. The minimum atomic E-state index is -0.197. The number of nitrogens with zero attached hydrogens (tertiary/aromatic N) is 3. The van der Waals surface area contributed by atoms with Crippen molar-refractivity contribution in [2.75, 3.05) is 0 Å². The van der Waals surface area contributed by atoms with Gasteiger partial charge in [-0.05, 0) is 59.5 Å². The maximum Gasteiger partial charge on any atom is 0.270 e. The number of amides is 1. The van der Waals surface area contributed by atoms with E-state index in [-0.39, 0.29) is 5.91 Å². The average Bonchev–Trinajstić information content (AvgIpc) is 3.37. The Balaban J connectivity index is 1.67. The van der Waals surface area contributed by atoms with Crippen LogP contribution < -0.4 is 5.32 Å². The minimum Gasteiger partial charge on any atom is -0.347 e. The highest BCUT2D eigenvalue weighted by atomic mass is 35.5. The normalized spacial score (nSPS) is 10.7. The lowest BCUT2D eigenvalue weighted by Gasteiger charge is -2.08. The summed E-state index contributed by atoms with van der Waals surface area (Å²) in [6, 6.07) is 16.7. The molecule has 0 aliphatic heterocycles. The molecule has 0 fully saturated rings. The van der Waals surface area contributed by atoms with E-state index in [1.807, 2.05) is 47.8 Å². The van der Waals surface area contributed by atoms with Crippen molar-refractivity contribution in [2.45, 2.75) is 6.54 Å². The first-order chi connectivity index (χ1) is 13.2. The van der Waals surface area contributed by atoms with E-state index in [9.17, 15) is 4.79 Å². The molecule has 0 saturated heterocycles. The number of pyridine rings is 1. The zero-order valence-electron chi connectivity index (χ0n) is 14.2. The standard InChI is InChI=1S/C20H15ClN4OS/c21-15-3-5-16(6-4-15)25-18(12-17(24-25)19-2-1-11-27-19)20(26)23-13-14-7-9-22-10-8-14/h1-12H,13H2,(H,23,26). The Kier molecular flexibility index (Phi) is 5.00. The first kappa shape index (κ1) is 17.5. The lowest BCUT2D eigenvalue weighted by atomic mass is 10.2. The number of thiophene rings is 1. The molecule has 1 N–H and O–H groups in total. The Morgan fingerprint density at radius 3 is 2.59 bits per heavy atom. The molecule has 134 valence electrons. The van der Waals surface area contributed by atoms with Gasteiger partial charge in [-0.2, -0.15) is 5.10 Å². The van der Waals surface area contributed by atoms with Crippen molar-refractivity contribution in [1.82, 2.24) is 20.1 Å². The fourth-order valence-electron chi connectivity index (χ4n) is 2.64. The summed E-state index contributed by atoms with van der Waals surface area (Å²) in [5.74, 6) is -0.197. The number of carbonyl (C=O) groups is 1. The molecular formula is C20H15ClN4OS. The summed E-state index contributed by atoms with van der Waals surface area (Å²) in [4.78, 5) is 17.8. The molecule has 0 unspecified atom stereocenters. The van der Waals surface area contributed by atoms with E-state index in [0.717, 1.165) is 21.8 Å². The Morgan fingerprint density at radius 2 is 1.89 bits per heavy atom. The predicted octanol–water partition coefficient (Wildman–Crippen LogP) is 4.58. The monoisotopic (exact) mass is 394 g/mol. The van der Waals surface area contributed by atoms with Crippen LogP contribution in [0.2, 0.25) is 5.02 Å². The van der Waals surface area contributed by atoms with E-state index in [1.54, 1.807) is 40.5 Å². The third-order valence-corrected chi connectivity index (χ3v) is 5.13. The summed E-state index contributed by atoms with van der Waals surface area (Å²) < 4.78 is 1.65. The van der Waals surface area contributed by atoms with Crippen molar-refractivity contribution in [3.63, 3.8) is 0 Å². The van der Waals surface area contributed by atoms with Gasteiger partial charge in [-0.15, -0.1) is 11.3 Å². The summed E-state index contributed by atoms with van der Waals surface area (Å²) in [6.07, 6.45) is 3.41. The highest BCUT2D eigenvalue weighted by Gasteiger charge is 2.18. The molecule has 0 bridgehead atoms. The second-order valence-corrected chi connectivity index (χ2v) is 7.20. The van der Waals surface area contributed by atoms with Gasteiger partial charge in [0.2, 0.25) is 0 Å². The largest absolute Gasteiger partial charge is 0.347 e. The third kappa shape index (κ3) is 3.92. The summed E-state index contributed by atoms with van der Waals surface area (Å²) >= 11 is 7.58. The highest BCUT2D eigenvalue weighted by molar-refractivity contribution is 7.13. The number of hydrogen-bond acceptors (Lipinski definition) is 4. The summed E-state index contributed by atoms with van der Waals surface area (Å²) in [5.41, 5.74) is 2.98. The molecule has 1 aromatic carbocycles. The molecule has 4 rings (SSSR count). The molecule has 0 spiro atoms. The maximum atomic E-state index is 12.9. The van der Waals surface area contributed by atoms with E-state index < -0.39 is 0 Å². The second kappa shape index (κ2) is 7.73. The first-order valence-corrected chi connectivity index (χ1v) is 9.53. The van der Waals surface area contributed by atoms with Crippen molar-refractivity contribution < 1.29 is 4.79 Å². The van der Waals surface area contributed by atoms with Crippen LogP contribution in [-0.4, -0.2) is 20.7 Å². The van der Waals surface area contributed by atoms with Crippen molar-refractivity contribution in [3.05, 3.63) is 88.7 Å². The topological polar surface area (TPSA) is 59.8 Å². The molecule has 0 saturated carbocycles. The van der Waals surface area contributed by atoms with E-state index in [4.69, 9.17) is 11.6 Å². The van der Waals surface area contributed by atoms with Gasteiger partial charge in [0.1, 0.15) is 11.4 Å². The van der Waals surface area contributed by atoms with Gasteiger partial charge in [0.05, 0.1) is 10.6 Å². The molecular weight excluding hydrogens is 380 g/mol. The van der Waals surface area contributed by atoms with E-state index in [0.29, 0.717) is 17.3 Å². The SMILES string of the molecule is O=C(NCc1ccncc1)c1cc(-c2cccs2)nn1-c1ccc(Cl)cc1. The van der Waals surface area contributed by atoms with Gasteiger partial charge in [-0.25, -0.2) is 4.68 Å². The van der Waals surface area contributed by atoms with Gasteiger partial charge >= 0.3 is 0 Å². The molecule has 0 aliphatic rings. The van der Waals surface area contributed by atoms with Crippen LogP contribution in [-0.2, 0) is 6.54 Å². The Bertz CT molecular complexity index is 1040. The highest BCUT2D eigenvalue weighted by Crippen LogP contribution is 2.26. The molecule has 1 amide bonds. The number of halogens is 1. The molecule has 7 heteroatoms. The van der Waals surface area contributed by atoms with Crippen LogP contribution in [0, 0.1) is 0 Å². The predicted molar refractivity (Wildman–Crippen MR) is 107 cm³/mol. The number of nitrogens with one attached hydrogen (secondary N) is 1. The number of hydrogen-bond donors (Lipinski definition) is 1. The number of aromatic nitrogens is 3. The average molecular weight is 395 g/mol. The van der Waals surface area contributed by atoms with E-state index in [2.05, 4.69) is 15.4 Å². The Hall–Kier alpha value is -2.96. The smallest absolute Gasteiger partial charge is 0.270 e.